The molecule has 2 aromatic rings. The van der Waals surface area contributed by atoms with Crippen molar-refractivity contribution in [2.75, 3.05) is 10.1 Å². The van der Waals surface area contributed by atoms with Crippen LogP contribution in [-0.4, -0.2) is 13.4 Å². The van der Waals surface area contributed by atoms with Crippen LogP contribution in [0.15, 0.2) is 47.5 Å². The Morgan fingerprint density at radius 2 is 1.90 bits per heavy atom. The molecule has 1 heterocycles. The highest BCUT2D eigenvalue weighted by Gasteiger charge is 2.14. The van der Waals surface area contributed by atoms with Crippen molar-refractivity contribution in [3.63, 3.8) is 0 Å². The monoisotopic (exact) mass is 303 g/mol. The van der Waals surface area contributed by atoms with Gasteiger partial charge >= 0.3 is 0 Å². The van der Waals surface area contributed by atoms with E-state index in [1.54, 1.807) is 24.3 Å². The fourth-order valence-electron chi connectivity index (χ4n) is 1.62. The average molecular weight is 303 g/mol. The maximum Gasteiger partial charge on any atom is 0.263 e. The maximum absolute atomic E-state index is 12.2. The summed E-state index contributed by atoms with van der Waals surface area (Å²) in [5.41, 5.74) is 3.56. The number of nitrogens with two attached hydrogens (primary N) is 1. The Morgan fingerprint density at radius 3 is 2.43 bits per heavy atom. The summed E-state index contributed by atoms with van der Waals surface area (Å²) < 4.78 is 26.8. The second-order valence-corrected chi connectivity index (χ2v) is 5.84. The highest BCUT2D eigenvalue weighted by atomic mass is 32.2. The van der Waals surface area contributed by atoms with Gasteiger partial charge in [0.2, 0.25) is 0 Å². The van der Waals surface area contributed by atoms with Crippen molar-refractivity contribution >= 4 is 21.5 Å². The standard InChI is InChI=1S/C13H13N5O2S/c14-8-7-10-1-3-11(4-2-10)18-21(19,20)12-5-6-13(17-15)16-9-12/h1-6,9,18H,7,15H2,(H,16,17). The molecule has 0 aliphatic heterocycles. The zero-order valence-corrected chi connectivity index (χ0v) is 11.8. The summed E-state index contributed by atoms with van der Waals surface area (Å²) in [6, 6.07) is 11.5. The van der Waals surface area contributed by atoms with Gasteiger partial charge in [-0.2, -0.15) is 5.26 Å². The Labute approximate surface area is 122 Å². The summed E-state index contributed by atoms with van der Waals surface area (Å²) in [4.78, 5) is 3.88. The Morgan fingerprint density at radius 1 is 1.19 bits per heavy atom. The zero-order chi connectivity index (χ0) is 15.3. The second kappa shape index (κ2) is 6.21. The van der Waals surface area contributed by atoms with E-state index >= 15 is 0 Å². The number of nitriles is 1. The topological polar surface area (TPSA) is 121 Å². The Bertz CT molecular complexity index is 749. The largest absolute Gasteiger partial charge is 0.308 e. The van der Waals surface area contributed by atoms with Crippen LogP contribution in [0.25, 0.3) is 0 Å². The molecule has 0 radical (unpaired) electrons. The summed E-state index contributed by atoms with van der Waals surface area (Å²) in [7, 11) is -3.71. The lowest BCUT2D eigenvalue weighted by molar-refractivity contribution is 0.601. The average Bonchev–Trinajstić information content (AvgIpc) is 2.49. The molecule has 1 aromatic heterocycles. The van der Waals surface area contributed by atoms with Crippen LogP contribution in [0.4, 0.5) is 11.5 Å². The summed E-state index contributed by atoms with van der Waals surface area (Å²) in [6.45, 7) is 0. The van der Waals surface area contributed by atoms with Crippen molar-refractivity contribution in [1.82, 2.24) is 4.98 Å². The number of hydrogen-bond acceptors (Lipinski definition) is 6. The van der Waals surface area contributed by atoms with Gasteiger partial charge in [0.25, 0.3) is 10.0 Å². The van der Waals surface area contributed by atoms with Gasteiger partial charge in [-0.3, -0.25) is 4.72 Å². The first kappa shape index (κ1) is 14.8. The van der Waals surface area contributed by atoms with Crippen molar-refractivity contribution in [3.05, 3.63) is 48.2 Å². The van der Waals surface area contributed by atoms with Gasteiger partial charge in [0, 0.05) is 11.9 Å². The number of hydrogen-bond donors (Lipinski definition) is 3. The summed E-state index contributed by atoms with van der Waals surface area (Å²) in [5.74, 6) is 5.54. The molecule has 1 aromatic carbocycles. The van der Waals surface area contributed by atoms with Crippen LogP contribution in [0.1, 0.15) is 5.56 Å². The summed E-state index contributed by atoms with van der Waals surface area (Å²) in [6.07, 6.45) is 1.49. The molecule has 0 unspecified atom stereocenters. The van der Waals surface area contributed by atoms with Crippen LogP contribution in [-0.2, 0) is 16.4 Å². The molecule has 4 N–H and O–H groups in total. The van der Waals surface area contributed by atoms with E-state index in [0.29, 0.717) is 11.5 Å². The molecule has 0 amide bonds. The van der Waals surface area contributed by atoms with Gasteiger partial charge in [-0.1, -0.05) is 12.1 Å². The Kier molecular flexibility index (Phi) is 4.37. The van der Waals surface area contributed by atoms with Crippen molar-refractivity contribution < 1.29 is 8.42 Å². The first-order valence-electron chi connectivity index (χ1n) is 5.96. The molecule has 21 heavy (non-hydrogen) atoms. The van der Waals surface area contributed by atoms with Crippen LogP contribution in [0, 0.1) is 11.3 Å². The van der Waals surface area contributed by atoms with Crippen LogP contribution in [0.5, 0.6) is 0 Å². The van der Waals surface area contributed by atoms with E-state index in [2.05, 4.69) is 15.1 Å². The lowest BCUT2D eigenvalue weighted by Gasteiger charge is -2.08. The number of hydrazine groups is 1. The Balaban J connectivity index is 2.18. The first-order valence-corrected chi connectivity index (χ1v) is 7.45. The molecule has 0 saturated carbocycles. The fourth-order valence-corrected chi connectivity index (χ4v) is 2.62. The third-order valence-electron chi connectivity index (χ3n) is 2.68. The molecule has 0 saturated heterocycles. The lowest BCUT2D eigenvalue weighted by Crippen LogP contribution is -2.14. The van der Waals surface area contributed by atoms with E-state index < -0.39 is 10.0 Å². The minimum Gasteiger partial charge on any atom is -0.308 e. The molecule has 0 aliphatic carbocycles. The third kappa shape index (κ3) is 3.68. The number of benzene rings is 1. The number of aromatic nitrogens is 1. The van der Waals surface area contributed by atoms with E-state index in [4.69, 9.17) is 11.1 Å². The number of sulfonamides is 1. The van der Waals surface area contributed by atoms with Crippen LogP contribution in [0.2, 0.25) is 0 Å². The molecule has 0 spiro atoms. The molecular formula is C13H13N5O2S. The number of rotatable bonds is 5. The highest BCUT2D eigenvalue weighted by molar-refractivity contribution is 7.92. The van der Waals surface area contributed by atoms with E-state index in [1.165, 1.54) is 18.3 Å². The Hall–Kier alpha value is -2.63. The minimum atomic E-state index is -3.71. The highest BCUT2D eigenvalue weighted by Crippen LogP contribution is 2.17. The molecule has 7 nitrogen and oxygen atoms in total. The number of nitrogens with one attached hydrogen (secondary N) is 2. The van der Waals surface area contributed by atoms with Crippen LogP contribution in [0.3, 0.4) is 0 Å². The normalized spacial score (nSPS) is 10.7. The lowest BCUT2D eigenvalue weighted by atomic mass is 10.1. The molecular weight excluding hydrogens is 290 g/mol. The van der Waals surface area contributed by atoms with Crippen molar-refractivity contribution in [1.29, 1.82) is 5.26 Å². The quantitative estimate of drug-likeness (QED) is 0.564. The predicted molar refractivity (Wildman–Crippen MR) is 78.6 cm³/mol. The van der Waals surface area contributed by atoms with Crippen molar-refractivity contribution in [2.45, 2.75) is 11.3 Å². The van der Waals surface area contributed by atoms with Crippen molar-refractivity contribution in [2.24, 2.45) is 5.84 Å². The van der Waals surface area contributed by atoms with Crippen LogP contribution < -0.4 is 16.0 Å². The van der Waals surface area contributed by atoms with Gasteiger partial charge in [0.15, 0.2) is 0 Å². The molecule has 0 atom stereocenters. The van der Waals surface area contributed by atoms with Gasteiger partial charge < -0.3 is 5.43 Å². The summed E-state index contributed by atoms with van der Waals surface area (Å²) in [5, 5.41) is 8.58. The maximum atomic E-state index is 12.2. The molecule has 0 aliphatic rings. The van der Waals surface area contributed by atoms with Crippen LogP contribution >= 0.6 is 0 Å². The predicted octanol–water partition coefficient (Wildman–Crippen LogP) is 1.23. The van der Waals surface area contributed by atoms with Crippen molar-refractivity contribution in [3.8, 4) is 6.07 Å². The smallest absolute Gasteiger partial charge is 0.263 e. The number of anilines is 2. The summed E-state index contributed by atoms with van der Waals surface area (Å²) >= 11 is 0. The number of nitrogens with zero attached hydrogens (tertiary/aromatic N) is 2. The molecule has 0 fully saturated rings. The van der Waals surface area contributed by atoms with Gasteiger partial charge in [-0.15, -0.1) is 0 Å². The van der Waals surface area contributed by atoms with E-state index in [1.807, 2.05) is 6.07 Å². The van der Waals surface area contributed by atoms with Gasteiger partial charge in [-0.05, 0) is 29.8 Å². The second-order valence-electron chi connectivity index (χ2n) is 4.16. The van der Waals surface area contributed by atoms with E-state index in [-0.39, 0.29) is 11.3 Å². The molecule has 108 valence electrons. The molecule has 0 bridgehead atoms. The first-order chi connectivity index (χ1) is 10.0. The number of pyridine rings is 1. The van der Waals surface area contributed by atoms with E-state index in [9.17, 15) is 8.42 Å². The third-order valence-corrected chi connectivity index (χ3v) is 4.05. The van der Waals surface area contributed by atoms with E-state index in [0.717, 1.165) is 5.56 Å². The number of nitrogen functional groups attached to an aromatic ring is 1. The van der Waals surface area contributed by atoms with Gasteiger partial charge in [0.05, 0.1) is 12.5 Å². The molecule has 2 rings (SSSR count). The molecule has 8 heteroatoms. The zero-order valence-electron chi connectivity index (χ0n) is 10.9. The fraction of sp³-hybridized carbons (Fsp3) is 0.0769. The SMILES string of the molecule is N#CCc1ccc(NS(=O)(=O)c2ccc(NN)nc2)cc1. The van der Waals surface area contributed by atoms with Gasteiger partial charge in [-0.25, -0.2) is 19.2 Å². The van der Waals surface area contributed by atoms with Gasteiger partial charge in [0.1, 0.15) is 10.7 Å². The minimum absolute atomic E-state index is 0.0302.